The maximum atomic E-state index is 12.6. The Labute approximate surface area is 73.6 Å². The van der Waals surface area contributed by atoms with Gasteiger partial charge in [0.15, 0.2) is 17.5 Å². The first-order valence-corrected chi connectivity index (χ1v) is 3.47. The van der Waals surface area contributed by atoms with Crippen LogP contribution in [0.1, 0.15) is 0 Å². The average Bonchev–Trinajstić information content (AvgIpc) is 2.10. The maximum absolute atomic E-state index is 12.6. The minimum Gasteiger partial charge on any atom is -0.374 e. The van der Waals surface area contributed by atoms with Crippen LogP contribution in [0.5, 0.6) is 0 Å². The summed E-state index contributed by atoms with van der Waals surface area (Å²) >= 11 is 0. The van der Waals surface area contributed by atoms with Crippen molar-refractivity contribution < 1.29 is 13.2 Å². The average molecular weight is 185 g/mol. The van der Waals surface area contributed by atoms with Crippen LogP contribution in [0.2, 0.25) is 0 Å². The third kappa shape index (κ3) is 2.15. The molecule has 0 fully saturated rings. The molecule has 0 aliphatic heterocycles. The number of nitrogens with one attached hydrogen (secondary N) is 1. The lowest BCUT2D eigenvalue weighted by molar-refractivity contribution is 0.448. The summed E-state index contributed by atoms with van der Waals surface area (Å²) in [4.78, 5) is 0. The second-order valence-electron chi connectivity index (χ2n) is 2.31. The van der Waals surface area contributed by atoms with Gasteiger partial charge in [-0.3, -0.25) is 0 Å². The normalized spacial score (nSPS) is 9.38. The Morgan fingerprint density at radius 3 is 2.23 bits per heavy atom. The lowest BCUT2D eigenvalue weighted by Crippen LogP contribution is -2.01. The molecule has 1 N–H and O–H groups in total. The minimum atomic E-state index is -1.48. The number of terminal acetylenes is 1. The van der Waals surface area contributed by atoms with E-state index in [1.165, 1.54) is 0 Å². The van der Waals surface area contributed by atoms with Gasteiger partial charge in [0.05, 0.1) is 6.54 Å². The summed E-state index contributed by atoms with van der Waals surface area (Å²) in [6, 6.07) is 1.69. The van der Waals surface area contributed by atoms with Crippen LogP contribution >= 0.6 is 0 Å². The van der Waals surface area contributed by atoms with E-state index in [1.54, 1.807) is 0 Å². The van der Waals surface area contributed by atoms with Gasteiger partial charge in [-0.2, -0.15) is 0 Å². The summed E-state index contributed by atoms with van der Waals surface area (Å²) in [5, 5.41) is 2.52. The Morgan fingerprint density at radius 2 is 1.77 bits per heavy atom. The van der Waals surface area contributed by atoms with E-state index in [4.69, 9.17) is 6.42 Å². The lowest BCUT2D eigenvalue weighted by Gasteiger charge is -2.03. The molecule has 0 amide bonds. The molecule has 4 heteroatoms. The molecule has 68 valence electrons. The number of benzene rings is 1. The molecule has 0 aliphatic rings. The molecule has 0 aromatic heterocycles. The first-order valence-electron chi connectivity index (χ1n) is 3.47. The second kappa shape index (κ2) is 3.85. The molecular weight excluding hydrogens is 179 g/mol. The highest BCUT2D eigenvalue weighted by atomic mass is 19.2. The number of hydrogen-bond acceptors (Lipinski definition) is 1. The van der Waals surface area contributed by atoms with E-state index < -0.39 is 17.5 Å². The number of halogens is 3. The van der Waals surface area contributed by atoms with Crippen LogP contribution in [0.25, 0.3) is 0 Å². The molecule has 0 radical (unpaired) electrons. The van der Waals surface area contributed by atoms with Crippen LogP contribution in [0.15, 0.2) is 12.1 Å². The van der Waals surface area contributed by atoms with Gasteiger partial charge in [0.1, 0.15) is 0 Å². The Hall–Kier alpha value is -1.63. The summed E-state index contributed by atoms with van der Waals surface area (Å²) in [5.74, 6) is -1.73. The zero-order chi connectivity index (χ0) is 9.84. The van der Waals surface area contributed by atoms with Crippen molar-refractivity contribution >= 4 is 5.69 Å². The lowest BCUT2D eigenvalue weighted by atomic mass is 10.3. The van der Waals surface area contributed by atoms with E-state index in [1.807, 2.05) is 0 Å². The van der Waals surface area contributed by atoms with Crippen molar-refractivity contribution in [2.75, 3.05) is 11.9 Å². The molecule has 0 saturated carbocycles. The number of anilines is 1. The molecule has 0 unspecified atom stereocenters. The zero-order valence-electron chi connectivity index (χ0n) is 6.57. The Kier molecular flexibility index (Phi) is 2.80. The van der Waals surface area contributed by atoms with Gasteiger partial charge in [0.25, 0.3) is 0 Å². The molecule has 1 aromatic carbocycles. The van der Waals surface area contributed by atoms with E-state index in [-0.39, 0.29) is 12.2 Å². The fourth-order valence-electron chi connectivity index (χ4n) is 0.811. The van der Waals surface area contributed by atoms with Crippen molar-refractivity contribution in [3.8, 4) is 12.3 Å². The van der Waals surface area contributed by atoms with Crippen LogP contribution in [-0.2, 0) is 0 Å². The second-order valence-corrected chi connectivity index (χ2v) is 2.31. The topological polar surface area (TPSA) is 12.0 Å². The van der Waals surface area contributed by atoms with Gasteiger partial charge in [-0.1, -0.05) is 5.92 Å². The van der Waals surface area contributed by atoms with Gasteiger partial charge >= 0.3 is 0 Å². The highest BCUT2D eigenvalue weighted by Crippen LogP contribution is 2.16. The number of rotatable bonds is 2. The summed E-state index contributed by atoms with van der Waals surface area (Å²) in [5.41, 5.74) is 0.120. The Bertz CT molecular complexity index is 331. The zero-order valence-corrected chi connectivity index (χ0v) is 6.57. The summed E-state index contributed by atoms with van der Waals surface area (Å²) in [7, 11) is 0. The molecule has 13 heavy (non-hydrogen) atoms. The van der Waals surface area contributed by atoms with Crippen LogP contribution in [0.4, 0.5) is 18.9 Å². The van der Waals surface area contributed by atoms with Crippen molar-refractivity contribution in [2.24, 2.45) is 0 Å². The molecule has 0 aliphatic carbocycles. The van der Waals surface area contributed by atoms with Gasteiger partial charge in [0, 0.05) is 17.8 Å². The maximum Gasteiger partial charge on any atom is 0.194 e. The van der Waals surface area contributed by atoms with E-state index in [9.17, 15) is 13.2 Å². The third-order valence-electron chi connectivity index (χ3n) is 1.38. The summed E-state index contributed by atoms with van der Waals surface area (Å²) < 4.78 is 37.5. The van der Waals surface area contributed by atoms with Crippen LogP contribution in [-0.4, -0.2) is 6.54 Å². The van der Waals surface area contributed by atoms with Crippen molar-refractivity contribution in [2.45, 2.75) is 0 Å². The van der Waals surface area contributed by atoms with Gasteiger partial charge in [0.2, 0.25) is 0 Å². The summed E-state index contributed by atoms with van der Waals surface area (Å²) in [6.45, 7) is 0.129. The molecule has 0 heterocycles. The van der Waals surface area contributed by atoms with Crippen molar-refractivity contribution in [1.29, 1.82) is 0 Å². The molecule has 0 saturated heterocycles. The molecule has 1 aromatic rings. The standard InChI is InChI=1S/C9H6F3N/c1-2-3-13-6-4-7(10)9(12)8(11)5-6/h1,4-5,13H,3H2. The molecule has 1 nitrogen and oxygen atoms in total. The largest absolute Gasteiger partial charge is 0.374 e. The summed E-state index contributed by atoms with van der Waals surface area (Å²) in [6.07, 6.45) is 4.91. The molecule has 0 bridgehead atoms. The van der Waals surface area contributed by atoms with Crippen molar-refractivity contribution in [3.63, 3.8) is 0 Å². The van der Waals surface area contributed by atoms with Crippen LogP contribution in [0, 0.1) is 29.8 Å². The smallest absolute Gasteiger partial charge is 0.194 e. The van der Waals surface area contributed by atoms with Crippen molar-refractivity contribution in [3.05, 3.63) is 29.6 Å². The molecular formula is C9H6F3N. The van der Waals surface area contributed by atoms with Crippen molar-refractivity contribution in [1.82, 2.24) is 0 Å². The SMILES string of the molecule is C#CCNc1cc(F)c(F)c(F)c1. The highest BCUT2D eigenvalue weighted by Gasteiger charge is 2.09. The molecule has 1 rings (SSSR count). The van der Waals surface area contributed by atoms with Gasteiger partial charge in [-0.05, 0) is 0 Å². The first kappa shape index (κ1) is 9.46. The Balaban J connectivity index is 2.94. The van der Waals surface area contributed by atoms with Crippen LogP contribution in [0.3, 0.4) is 0 Å². The van der Waals surface area contributed by atoms with Gasteiger partial charge < -0.3 is 5.32 Å². The van der Waals surface area contributed by atoms with E-state index in [2.05, 4.69) is 11.2 Å². The van der Waals surface area contributed by atoms with E-state index >= 15 is 0 Å². The fraction of sp³-hybridized carbons (Fsp3) is 0.111. The fourth-order valence-corrected chi connectivity index (χ4v) is 0.811. The Morgan fingerprint density at radius 1 is 1.23 bits per heavy atom. The highest BCUT2D eigenvalue weighted by molar-refractivity contribution is 5.44. The van der Waals surface area contributed by atoms with E-state index in [0.717, 1.165) is 12.1 Å². The molecule has 0 atom stereocenters. The van der Waals surface area contributed by atoms with Gasteiger partial charge in [-0.25, -0.2) is 13.2 Å². The van der Waals surface area contributed by atoms with Gasteiger partial charge in [-0.15, -0.1) is 6.42 Å². The van der Waals surface area contributed by atoms with Crippen LogP contribution < -0.4 is 5.32 Å². The predicted octanol–water partition coefficient (Wildman–Crippen LogP) is 2.15. The third-order valence-corrected chi connectivity index (χ3v) is 1.38. The predicted molar refractivity (Wildman–Crippen MR) is 43.6 cm³/mol. The van der Waals surface area contributed by atoms with E-state index in [0.29, 0.717) is 0 Å². The number of hydrogen-bond donors (Lipinski definition) is 1. The monoisotopic (exact) mass is 185 g/mol. The minimum absolute atomic E-state index is 0.120. The quantitative estimate of drug-likeness (QED) is 0.549. The first-order chi connectivity index (χ1) is 6.15. The molecule has 0 spiro atoms.